The van der Waals surface area contributed by atoms with E-state index in [1.807, 2.05) is 11.8 Å². The Morgan fingerprint density at radius 2 is 2.50 bits per heavy atom. The minimum atomic E-state index is 0.177. The van der Waals surface area contributed by atoms with Crippen LogP contribution in [-0.2, 0) is 4.74 Å². The summed E-state index contributed by atoms with van der Waals surface area (Å²) >= 11 is 1.93. The van der Waals surface area contributed by atoms with Gasteiger partial charge in [-0.1, -0.05) is 13.8 Å². The maximum atomic E-state index is 5.50. The maximum Gasteiger partial charge on any atom is 0.111 e. The highest BCUT2D eigenvalue weighted by molar-refractivity contribution is 7.99. The second-order valence-electron chi connectivity index (χ2n) is 3.52. The Kier molecular flexibility index (Phi) is 5.37. The molecule has 2 atom stereocenters. The first kappa shape index (κ1) is 11.9. The van der Waals surface area contributed by atoms with Crippen molar-refractivity contribution in [3.05, 3.63) is 11.8 Å². The van der Waals surface area contributed by atoms with Gasteiger partial charge in [-0.05, 0) is 12.5 Å². The molecule has 0 bridgehead atoms. The van der Waals surface area contributed by atoms with Crippen molar-refractivity contribution in [2.75, 3.05) is 12.4 Å². The van der Waals surface area contributed by atoms with Gasteiger partial charge >= 0.3 is 0 Å². The molecule has 2 unspecified atom stereocenters. The molecule has 0 aromatic carbocycles. The van der Waals surface area contributed by atoms with Crippen LogP contribution in [0, 0.1) is 0 Å². The van der Waals surface area contributed by atoms with Gasteiger partial charge in [-0.25, -0.2) is 5.43 Å². The maximum absolute atomic E-state index is 5.50. The van der Waals surface area contributed by atoms with Gasteiger partial charge in [-0.3, -0.25) is 5.84 Å². The van der Waals surface area contributed by atoms with Crippen LogP contribution in [0.4, 0.5) is 0 Å². The van der Waals surface area contributed by atoms with Crippen LogP contribution in [0.25, 0.3) is 0 Å². The number of nitrogens with two attached hydrogens (primary N) is 1. The van der Waals surface area contributed by atoms with Crippen LogP contribution in [0.5, 0.6) is 0 Å². The summed E-state index contributed by atoms with van der Waals surface area (Å²) in [6, 6.07) is 0.177. The fourth-order valence-corrected chi connectivity index (χ4v) is 2.29. The lowest BCUT2D eigenvalue weighted by atomic mass is 10.3. The lowest BCUT2D eigenvalue weighted by Gasteiger charge is -2.18. The van der Waals surface area contributed by atoms with E-state index in [0.717, 1.165) is 24.5 Å². The van der Waals surface area contributed by atoms with E-state index < -0.39 is 0 Å². The van der Waals surface area contributed by atoms with Crippen LogP contribution >= 0.6 is 11.8 Å². The Labute approximate surface area is 90.4 Å². The van der Waals surface area contributed by atoms with E-state index in [2.05, 4.69) is 25.3 Å². The first-order valence-electron chi connectivity index (χ1n) is 5.18. The van der Waals surface area contributed by atoms with Crippen LogP contribution < -0.4 is 11.3 Å². The quantitative estimate of drug-likeness (QED) is 0.523. The van der Waals surface area contributed by atoms with E-state index in [1.54, 1.807) is 0 Å². The van der Waals surface area contributed by atoms with E-state index in [4.69, 9.17) is 10.6 Å². The first-order chi connectivity index (χ1) is 6.77. The van der Waals surface area contributed by atoms with E-state index in [0.29, 0.717) is 5.25 Å². The SMILES string of the molecule is CCC(C)SCC(NN)C1=CCCO1. The van der Waals surface area contributed by atoms with E-state index in [9.17, 15) is 0 Å². The third-order valence-corrected chi connectivity index (χ3v) is 3.83. The molecule has 1 rings (SSSR count). The van der Waals surface area contributed by atoms with Crippen molar-refractivity contribution in [3.8, 4) is 0 Å². The molecule has 3 N–H and O–H groups in total. The van der Waals surface area contributed by atoms with Gasteiger partial charge < -0.3 is 4.74 Å². The van der Waals surface area contributed by atoms with Gasteiger partial charge in [0.1, 0.15) is 5.76 Å². The first-order valence-corrected chi connectivity index (χ1v) is 6.23. The molecule has 0 fully saturated rings. The number of nitrogens with one attached hydrogen (secondary N) is 1. The summed E-state index contributed by atoms with van der Waals surface area (Å²) in [6.45, 7) is 5.25. The summed E-state index contributed by atoms with van der Waals surface area (Å²) in [5.74, 6) is 7.50. The van der Waals surface area contributed by atoms with Crippen molar-refractivity contribution in [2.45, 2.75) is 38.0 Å². The molecule has 82 valence electrons. The molecule has 0 aromatic heterocycles. The monoisotopic (exact) mass is 216 g/mol. The zero-order chi connectivity index (χ0) is 10.4. The molecule has 0 amide bonds. The second kappa shape index (κ2) is 6.32. The zero-order valence-corrected chi connectivity index (χ0v) is 9.77. The third-order valence-electron chi connectivity index (χ3n) is 2.40. The van der Waals surface area contributed by atoms with Crippen molar-refractivity contribution in [1.29, 1.82) is 0 Å². The average molecular weight is 216 g/mol. The molecule has 0 saturated carbocycles. The Morgan fingerprint density at radius 3 is 3.00 bits per heavy atom. The number of ether oxygens (including phenoxy) is 1. The number of thioether (sulfide) groups is 1. The predicted octanol–water partition coefficient (Wildman–Crippen LogP) is 1.65. The molecule has 0 spiro atoms. The van der Waals surface area contributed by atoms with Crippen molar-refractivity contribution in [1.82, 2.24) is 5.43 Å². The van der Waals surface area contributed by atoms with Gasteiger partial charge in [-0.2, -0.15) is 11.8 Å². The molecular formula is C10H20N2OS. The molecule has 1 heterocycles. The summed E-state index contributed by atoms with van der Waals surface area (Å²) in [7, 11) is 0. The second-order valence-corrected chi connectivity index (χ2v) is 4.99. The molecule has 0 aliphatic carbocycles. The largest absolute Gasteiger partial charge is 0.496 e. The summed E-state index contributed by atoms with van der Waals surface area (Å²) < 4.78 is 5.48. The standard InChI is InChI=1S/C10H20N2OS/c1-3-8(2)14-7-9(12-11)10-5-4-6-13-10/h5,8-9,12H,3-4,6-7,11H2,1-2H3. The molecule has 4 heteroatoms. The number of hydrazine groups is 1. The highest BCUT2D eigenvalue weighted by Crippen LogP contribution is 2.20. The van der Waals surface area contributed by atoms with Gasteiger partial charge in [0.15, 0.2) is 0 Å². The van der Waals surface area contributed by atoms with Crippen molar-refractivity contribution in [3.63, 3.8) is 0 Å². The highest BCUT2D eigenvalue weighted by Gasteiger charge is 2.18. The minimum absolute atomic E-state index is 0.177. The van der Waals surface area contributed by atoms with E-state index in [-0.39, 0.29) is 6.04 Å². The molecule has 3 nitrogen and oxygen atoms in total. The Balaban J connectivity index is 2.31. The van der Waals surface area contributed by atoms with E-state index >= 15 is 0 Å². The third kappa shape index (κ3) is 3.52. The number of rotatable bonds is 6. The van der Waals surface area contributed by atoms with Gasteiger partial charge in [0.25, 0.3) is 0 Å². The molecule has 0 aromatic rings. The zero-order valence-electron chi connectivity index (χ0n) is 8.95. The molecule has 0 radical (unpaired) electrons. The van der Waals surface area contributed by atoms with E-state index in [1.165, 1.54) is 6.42 Å². The fourth-order valence-electron chi connectivity index (χ4n) is 1.27. The molecular weight excluding hydrogens is 196 g/mol. The van der Waals surface area contributed by atoms with Crippen LogP contribution in [0.15, 0.2) is 11.8 Å². The molecule has 14 heavy (non-hydrogen) atoms. The van der Waals surface area contributed by atoms with Crippen molar-refractivity contribution < 1.29 is 4.74 Å². The minimum Gasteiger partial charge on any atom is -0.496 e. The summed E-state index contributed by atoms with van der Waals surface area (Å²) in [5, 5.41) is 0.688. The van der Waals surface area contributed by atoms with Gasteiger partial charge in [0, 0.05) is 17.4 Å². The summed E-state index contributed by atoms with van der Waals surface area (Å²) in [4.78, 5) is 0. The number of hydrogen-bond acceptors (Lipinski definition) is 4. The smallest absolute Gasteiger partial charge is 0.111 e. The Bertz CT molecular complexity index is 197. The average Bonchev–Trinajstić information content (AvgIpc) is 2.72. The topological polar surface area (TPSA) is 47.3 Å². The highest BCUT2D eigenvalue weighted by atomic mass is 32.2. The normalized spacial score (nSPS) is 20.1. The van der Waals surface area contributed by atoms with Gasteiger partial charge in [-0.15, -0.1) is 0 Å². The Morgan fingerprint density at radius 1 is 1.71 bits per heavy atom. The fraction of sp³-hybridized carbons (Fsp3) is 0.800. The lowest BCUT2D eigenvalue weighted by Crippen LogP contribution is -2.39. The lowest BCUT2D eigenvalue weighted by molar-refractivity contribution is 0.220. The summed E-state index contributed by atoms with van der Waals surface area (Å²) in [5.41, 5.74) is 2.81. The summed E-state index contributed by atoms with van der Waals surface area (Å²) in [6.07, 6.45) is 4.34. The van der Waals surface area contributed by atoms with Crippen LogP contribution in [0.1, 0.15) is 26.7 Å². The van der Waals surface area contributed by atoms with Crippen molar-refractivity contribution >= 4 is 11.8 Å². The predicted molar refractivity (Wildman–Crippen MR) is 62.0 cm³/mol. The van der Waals surface area contributed by atoms with Crippen LogP contribution in [0.3, 0.4) is 0 Å². The number of hydrogen-bond donors (Lipinski definition) is 2. The van der Waals surface area contributed by atoms with Crippen molar-refractivity contribution in [2.24, 2.45) is 5.84 Å². The molecule has 1 aliphatic rings. The molecule has 1 aliphatic heterocycles. The van der Waals surface area contributed by atoms with Gasteiger partial charge in [0.2, 0.25) is 0 Å². The Hall–Kier alpha value is -0.190. The van der Waals surface area contributed by atoms with Crippen LogP contribution in [-0.4, -0.2) is 23.7 Å². The van der Waals surface area contributed by atoms with Crippen LogP contribution in [0.2, 0.25) is 0 Å². The molecule has 0 saturated heterocycles. The van der Waals surface area contributed by atoms with Gasteiger partial charge in [0.05, 0.1) is 12.6 Å².